The molecule has 0 saturated heterocycles. The Hall–Kier alpha value is -0.900. The third-order valence-electron chi connectivity index (χ3n) is 2.46. The fourth-order valence-electron chi connectivity index (χ4n) is 1.72. The first-order valence-corrected chi connectivity index (χ1v) is 5.32. The van der Waals surface area contributed by atoms with Crippen LogP contribution in [0.4, 0.5) is 8.78 Å². The maximum atomic E-state index is 13.2. The van der Waals surface area contributed by atoms with Gasteiger partial charge in [-0.05, 0) is 18.2 Å². The van der Waals surface area contributed by atoms with Gasteiger partial charge in [0.15, 0.2) is 0 Å². The van der Waals surface area contributed by atoms with Gasteiger partial charge in [0, 0.05) is 29.3 Å². The van der Waals surface area contributed by atoms with E-state index in [1.807, 2.05) is 18.2 Å². The largest absolute Gasteiger partial charge is 0.343 e. The third-order valence-corrected chi connectivity index (χ3v) is 2.95. The molecule has 0 fully saturated rings. The Morgan fingerprint density at radius 3 is 2.53 bits per heavy atom. The van der Waals surface area contributed by atoms with Gasteiger partial charge in [-0.2, -0.15) is 0 Å². The average molecular weight is 274 g/mol. The molecule has 2 aromatic rings. The van der Waals surface area contributed by atoms with Crippen molar-refractivity contribution in [3.8, 4) is 0 Å². The molecule has 1 nitrogen and oxygen atoms in total. The number of rotatable bonds is 1. The molecule has 0 amide bonds. The summed E-state index contributed by atoms with van der Waals surface area (Å²) in [6.45, 7) is 0.913. The zero-order chi connectivity index (χ0) is 11.2. The lowest BCUT2D eigenvalue weighted by Crippen LogP contribution is -2.12. The van der Waals surface area contributed by atoms with Gasteiger partial charge in [-0.1, -0.05) is 22.0 Å². The molecule has 2 rings (SSSR count). The Morgan fingerprint density at radius 2 is 1.93 bits per heavy atom. The van der Waals surface area contributed by atoms with E-state index in [4.69, 9.17) is 0 Å². The molecular formula is C11H10BrF2N. The van der Waals surface area contributed by atoms with Gasteiger partial charge in [0.25, 0.3) is 5.92 Å². The topological polar surface area (TPSA) is 4.93 Å². The Labute approximate surface area is 94.8 Å². The van der Waals surface area contributed by atoms with Gasteiger partial charge in [-0.15, -0.1) is 0 Å². The zero-order valence-corrected chi connectivity index (χ0v) is 9.98. The lowest BCUT2D eigenvalue weighted by Gasteiger charge is -2.11. The quantitative estimate of drug-likeness (QED) is 0.739. The summed E-state index contributed by atoms with van der Waals surface area (Å²) in [5.41, 5.74) is 0.844. The van der Waals surface area contributed by atoms with Crippen molar-refractivity contribution in [2.45, 2.75) is 12.8 Å². The highest BCUT2D eigenvalue weighted by Gasteiger charge is 2.28. The summed E-state index contributed by atoms with van der Waals surface area (Å²) in [6.07, 6.45) is 0. The number of aromatic nitrogens is 1. The van der Waals surface area contributed by atoms with Crippen molar-refractivity contribution >= 4 is 26.8 Å². The molecule has 0 saturated carbocycles. The van der Waals surface area contributed by atoms with Crippen molar-refractivity contribution < 1.29 is 8.78 Å². The van der Waals surface area contributed by atoms with Crippen LogP contribution in [0.15, 0.2) is 28.7 Å². The van der Waals surface area contributed by atoms with Crippen molar-refractivity contribution in [1.82, 2.24) is 4.57 Å². The van der Waals surface area contributed by atoms with E-state index in [9.17, 15) is 8.78 Å². The van der Waals surface area contributed by atoms with Crippen LogP contribution in [0, 0.1) is 0 Å². The Balaban J connectivity index is 2.76. The SMILES string of the molecule is Cn1c(C(C)(F)F)cc2ccc(Br)cc21. The summed E-state index contributed by atoms with van der Waals surface area (Å²) in [5, 5.41) is 0.831. The number of fused-ring (bicyclic) bond motifs is 1. The normalized spacial score (nSPS) is 12.3. The molecule has 0 N–H and O–H groups in total. The smallest absolute Gasteiger partial charge is 0.285 e. The Kier molecular flexibility index (Phi) is 2.34. The standard InChI is InChI=1S/C11H10BrF2N/c1-11(13,14)10-5-7-3-4-8(12)6-9(7)15(10)2/h3-6H,1-2H3. The predicted octanol–water partition coefficient (Wildman–Crippen LogP) is 4.05. The van der Waals surface area contributed by atoms with Crippen molar-refractivity contribution in [2.24, 2.45) is 7.05 Å². The molecule has 0 aliphatic heterocycles. The molecular weight excluding hydrogens is 264 g/mol. The average Bonchev–Trinajstić information content (AvgIpc) is 2.43. The molecule has 80 valence electrons. The number of hydrogen-bond acceptors (Lipinski definition) is 0. The molecule has 0 spiro atoms. The van der Waals surface area contributed by atoms with E-state index >= 15 is 0 Å². The lowest BCUT2D eigenvalue weighted by molar-refractivity contribution is 0.0103. The second kappa shape index (κ2) is 3.30. The van der Waals surface area contributed by atoms with E-state index in [1.54, 1.807) is 7.05 Å². The molecule has 4 heteroatoms. The molecule has 0 atom stereocenters. The number of hydrogen-bond donors (Lipinski definition) is 0. The van der Waals surface area contributed by atoms with Gasteiger partial charge < -0.3 is 4.57 Å². The highest BCUT2D eigenvalue weighted by Crippen LogP contribution is 2.32. The van der Waals surface area contributed by atoms with E-state index in [2.05, 4.69) is 15.9 Å². The fourth-order valence-corrected chi connectivity index (χ4v) is 2.07. The van der Waals surface area contributed by atoms with Gasteiger partial charge in [0.05, 0.1) is 5.69 Å². The third kappa shape index (κ3) is 1.78. The second-order valence-electron chi connectivity index (χ2n) is 3.68. The van der Waals surface area contributed by atoms with Gasteiger partial charge in [-0.3, -0.25) is 0 Å². The maximum absolute atomic E-state index is 13.2. The highest BCUT2D eigenvalue weighted by atomic mass is 79.9. The first-order chi connectivity index (χ1) is 6.89. The first-order valence-electron chi connectivity index (χ1n) is 4.53. The summed E-state index contributed by atoms with van der Waals surface area (Å²) >= 11 is 3.33. The van der Waals surface area contributed by atoms with Gasteiger partial charge in [0.1, 0.15) is 0 Å². The number of aryl methyl sites for hydroxylation is 1. The number of alkyl halides is 2. The molecule has 1 aromatic heterocycles. The molecule has 0 aliphatic carbocycles. The molecule has 0 radical (unpaired) electrons. The van der Waals surface area contributed by atoms with E-state index in [-0.39, 0.29) is 5.69 Å². The van der Waals surface area contributed by atoms with E-state index in [0.717, 1.165) is 22.3 Å². The minimum Gasteiger partial charge on any atom is -0.343 e. The first kappa shape index (κ1) is 10.6. The van der Waals surface area contributed by atoms with Crippen LogP contribution in [0.25, 0.3) is 10.9 Å². The van der Waals surface area contributed by atoms with Crippen LogP contribution in [-0.4, -0.2) is 4.57 Å². The predicted molar refractivity (Wildman–Crippen MR) is 60.2 cm³/mol. The molecule has 1 aromatic carbocycles. The van der Waals surface area contributed by atoms with E-state index in [0.29, 0.717) is 0 Å². The monoisotopic (exact) mass is 273 g/mol. The van der Waals surface area contributed by atoms with Crippen molar-refractivity contribution in [3.05, 3.63) is 34.4 Å². The summed E-state index contributed by atoms with van der Waals surface area (Å²) in [7, 11) is 1.65. The molecule has 0 unspecified atom stereocenters. The van der Waals surface area contributed by atoms with Crippen molar-refractivity contribution in [2.75, 3.05) is 0 Å². The summed E-state index contributed by atoms with van der Waals surface area (Å²) in [5.74, 6) is -2.81. The Bertz CT molecular complexity index is 511. The van der Waals surface area contributed by atoms with Crippen LogP contribution >= 0.6 is 15.9 Å². The summed E-state index contributed by atoms with van der Waals surface area (Å²) in [6, 6.07) is 7.04. The van der Waals surface area contributed by atoms with Crippen LogP contribution < -0.4 is 0 Å². The molecule has 15 heavy (non-hydrogen) atoms. The van der Waals surface area contributed by atoms with Gasteiger partial charge in [0.2, 0.25) is 0 Å². The van der Waals surface area contributed by atoms with Crippen molar-refractivity contribution in [3.63, 3.8) is 0 Å². The van der Waals surface area contributed by atoms with Crippen LogP contribution in [0.2, 0.25) is 0 Å². The van der Waals surface area contributed by atoms with Gasteiger partial charge >= 0.3 is 0 Å². The summed E-state index contributed by atoms with van der Waals surface area (Å²) < 4.78 is 28.9. The fraction of sp³-hybridized carbons (Fsp3) is 0.273. The van der Waals surface area contributed by atoms with Crippen LogP contribution in [-0.2, 0) is 13.0 Å². The lowest BCUT2D eigenvalue weighted by atomic mass is 10.2. The molecule has 0 bridgehead atoms. The van der Waals surface area contributed by atoms with E-state index in [1.165, 1.54) is 10.6 Å². The van der Waals surface area contributed by atoms with Crippen LogP contribution in [0.1, 0.15) is 12.6 Å². The minimum absolute atomic E-state index is 0.0376. The molecule has 1 heterocycles. The number of nitrogens with zero attached hydrogens (tertiary/aromatic N) is 1. The van der Waals surface area contributed by atoms with Gasteiger partial charge in [-0.25, -0.2) is 8.78 Å². The van der Waals surface area contributed by atoms with Crippen LogP contribution in [0.5, 0.6) is 0 Å². The summed E-state index contributed by atoms with van der Waals surface area (Å²) in [4.78, 5) is 0. The second-order valence-corrected chi connectivity index (χ2v) is 4.60. The minimum atomic E-state index is -2.81. The maximum Gasteiger partial charge on any atom is 0.285 e. The van der Waals surface area contributed by atoms with E-state index < -0.39 is 5.92 Å². The van der Waals surface area contributed by atoms with Crippen LogP contribution in [0.3, 0.4) is 0 Å². The number of benzene rings is 1. The highest BCUT2D eigenvalue weighted by molar-refractivity contribution is 9.10. The Morgan fingerprint density at radius 1 is 1.27 bits per heavy atom. The number of halogens is 3. The van der Waals surface area contributed by atoms with Crippen molar-refractivity contribution in [1.29, 1.82) is 0 Å². The molecule has 0 aliphatic rings. The zero-order valence-electron chi connectivity index (χ0n) is 8.39.